The fraction of sp³-hybridized carbons (Fsp3) is 0.722. The number of nitrogens with zero attached hydrogens (tertiary/aromatic N) is 2. The quantitative estimate of drug-likeness (QED) is 0.655. The number of unbranched alkanes of at least 4 members (excludes halogenated alkanes) is 2. The first-order valence-electron chi connectivity index (χ1n) is 9.17. The molecule has 1 aromatic heterocycles. The molecule has 2 amide bonds. The predicted molar refractivity (Wildman–Crippen MR) is 97.0 cm³/mol. The van der Waals surface area contributed by atoms with Crippen LogP contribution in [0.5, 0.6) is 0 Å². The summed E-state index contributed by atoms with van der Waals surface area (Å²) in [6, 6.07) is 0. The van der Waals surface area contributed by atoms with Gasteiger partial charge in [-0.1, -0.05) is 33.1 Å². The van der Waals surface area contributed by atoms with Crippen LogP contribution in [0.1, 0.15) is 74.3 Å². The van der Waals surface area contributed by atoms with Crippen molar-refractivity contribution in [1.29, 1.82) is 0 Å². The van der Waals surface area contributed by atoms with Crippen molar-refractivity contribution in [3.8, 4) is 0 Å². The van der Waals surface area contributed by atoms with Crippen LogP contribution in [0, 0.1) is 5.92 Å². The molecule has 1 heterocycles. The van der Waals surface area contributed by atoms with Gasteiger partial charge in [0.2, 0.25) is 5.91 Å². The number of amides is 2. The smallest absolute Gasteiger partial charge is 0.270 e. The van der Waals surface area contributed by atoms with Gasteiger partial charge in [0.05, 0.1) is 6.54 Å². The van der Waals surface area contributed by atoms with Crippen LogP contribution < -0.4 is 5.32 Å². The predicted octanol–water partition coefficient (Wildman–Crippen LogP) is 3.60. The molecule has 1 saturated carbocycles. The van der Waals surface area contributed by atoms with Gasteiger partial charge in [-0.15, -0.1) is 11.3 Å². The van der Waals surface area contributed by atoms with Crippen molar-refractivity contribution in [2.24, 2.45) is 5.92 Å². The third-order valence-electron chi connectivity index (χ3n) is 4.47. The Morgan fingerprint density at radius 2 is 2.04 bits per heavy atom. The maximum atomic E-state index is 12.6. The Balaban J connectivity index is 1.93. The van der Waals surface area contributed by atoms with E-state index in [9.17, 15) is 9.59 Å². The molecule has 24 heavy (non-hydrogen) atoms. The van der Waals surface area contributed by atoms with E-state index >= 15 is 0 Å². The number of rotatable bonds is 10. The first kappa shape index (κ1) is 18.9. The number of carbonyl (C=O) groups excluding carboxylic acids is 2. The summed E-state index contributed by atoms with van der Waals surface area (Å²) in [5, 5.41) is 5.53. The second kappa shape index (κ2) is 9.77. The lowest BCUT2D eigenvalue weighted by Gasteiger charge is -2.31. The maximum Gasteiger partial charge on any atom is 0.270 e. The number of thiazole rings is 1. The minimum atomic E-state index is -0.114. The highest BCUT2D eigenvalue weighted by Crippen LogP contribution is 2.29. The van der Waals surface area contributed by atoms with Gasteiger partial charge in [0.15, 0.2) is 0 Å². The van der Waals surface area contributed by atoms with Gasteiger partial charge in [-0.3, -0.25) is 9.59 Å². The lowest BCUT2D eigenvalue weighted by atomic mass is 9.84. The van der Waals surface area contributed by atoms with Gasteiger partial charge in [-0.05, 0) is 25.7 Å². The Morgan fingerprint density at radius 3 is 2.67 bits per heavy atom. The van der Waals surface area contributed by atoms with E-state index in [1.807, 2.05) is 4.90 Å². The Hall–Kier alpha value is -1.43. The molecule has 1 N–H and O–H groups in total. The number of nitrogens with one attached hydrogen (secondary N) is 1. The second-order valence-electron chi connectivity index (χ2n) is 6.48. The van der Waals surface area contributed by atoms with Gasteiger partial charge in [0.25, 0.3) is 5.91 Å². The topological polar surface area (TPSA) is 62.3 Å². The molecule has 0 unspecified atom stereocenters. The van der Waals surface area contributed by atoms with E-state index in [4.69, 9.17) is 0 Å². The molecule has 0 bridgehead atoms. The first-order chi connectivity index (χ1) is 11.7. The molecule has 0 spiro atoms. The van der Waals surface area contributed by atoms with Gasteiger partial charge < -0.3 is 10.2 Å². The number of hydrogen-bond donors (Lipinski definition) is 1. The molecule has 0 aromatic carbocycles. The molecule has 134 valence electrons. The van der Waals surface area contributed by atoms with Gasteiger partial charge >= 0.3 is 0 Å². The third kappa shape index (κ3) is 5.30. The summed E-state index contributed by atoms with van der Waals surface area (Å²) in [6.07, 6.45) is 7.31. The molecule has 1 aromatic rings. The van der Waals surface area contributed by atoms with Crippen LogP contribution in [-0.2, 0) is 11.3 Å². The van der Waals surface area contributed by atoms with E-state index in [2.05, 4.69) is 24.1 Å². The molecule has 0 radical (unpaired) electrons. The summed E-state index contributed by atoms with van der Waals surface area (Å²) in [6.45, 7) is 6.22. The van der Waals surface area contributed by atoms with Crippen molar-refractivity contribution in [2.75, 3.05) is 13.1 Å². The highest BCUT2D eigenvalue weighted by Gasteiger charge is 2.29. The Morgan fingerprint density at radius 1 is 1.29 bits per heavy atom. The molecule has 2 rings (SSSR count). The van der Waals surface area contributed by atoms with Crippen LogP contribution in [0.3, 0.4) is 0 Å². The molecule has 1 aliphatic rings. The zero-order valence-electron chi connectivity index (χ0n) is 14.8. The van der Waals surface area contributed by atoms with Gasteiger partial charge in [-0.2, -0.15) is 0 Å². The lowest BCUT2D eigenvalue weighted by Crippen LogP contribution is -2.39. The largest absolute Gasteiger partial charge is 0.351 e. The molecule has 0 saturated heterocycles. The fourth-order valence-electron chi connectivity index (χ4n) is 2.65. The minimum Gasteiger partial charge on any atom is -0.351 e. The van der Waals surface area contributed by atoms with E-state index in [0.717, 1.165) is 56.5 Å². The van der Waals surface area contributed by atoms with E-state index < -0.39 is 0 Å². The van der Waals surface area contributed by atoms with E-state index in [1.165, 1.54) is 11.3 Å². The van der Waals surface area contributed by atoms with Gasteiger partial charge in [0, 0.05) is 24.4 Å². The number of hydrogen-bond acceptors (Lipinski definition) is 4. The highest BCUT2D eigenvalue weighted by atomic mass is 32.1. The molecule has 0 atom stereocenters. The molecule has 5 nitrogen and oxygen atoms in total. The molecule has 1 fully saturated rings. The standard InChI is InChI=1S/C18H29N3O2S/c1-3-5-10-19-17(22)15-13-24-16(20-15)12-21(11-6-4-2)18(23)14-8-7-9-14/h13-14H,3-12H2,1-2H3,(H,19,22). The van der Waals surface area contributed by atoms with Crippen LogP contribution in [0.2, 0.25) is 0 Å². The third-order valence-corrected chi connectivity index (χ3v) is 5.31. The van der Waals surface area contributed by atoms with E-state index in [0.29, 0.717) is 18.8 Å². The summed E-state index contributed by atoms with van der Waals surface area (Å²) in [4.78, 5) is 31.0. The van der Waals surface area contributed by atoms with Crippen molar-refractivity contribution < 1.29 is 9.59 Å². The average molecular weight is 352 g/mol. The van der Waals surface area contributed by atoms with Gasteiger partial charge in [-0.25, -0.2) is 4.98 Å². The summed E-state index contributed by atoms with van der Waals surface area (Å²) < 4.78 is 0. The van der Waals surface area contributed by atoms with Crippen LogP contribution >= 0.6 is 11.3 Å². The van der Waals surface area contributed by atoms with E-state index in [-0.39, 0.29) is 17.7 Å². The van der Waals surface area contributed by atoms with Crippen LogP contribution in [0.4, 0.5) is 0 Å². The van der Waals surface area contributed by atoms with Crippen LogP contribution in [0.25, 0.3) is 0 Å². The van der Waals surface area contributed by atoms with Crippen molar-refractivity contribution in [2.45, 2.75) is 65.3 Å². The van der Waals surface area contributed by atoms with E-state index in [1.54, 1.807) is 5.38 Å². The monoisotopic (exact) mass is 351 g/mol. The van der Waals surface area contributed by atoms with Crippen LogP contribution in [-0.4, -0.2) is 34.8 Å². The van der Waals surface area contributed by atoms with Crippen LogP contribution in [0.15, 0.2) is 5.38 Å². The Bertz CT molecular complexity index is 540. The minimum absolute atomic E-state index is 0.114. The summed E-state index contributed by atoms with van der Waals surface area (Å²) in [5.41, 5.74) is 0.470. The molecular formula is C18H29N3O2S. The Kier molecular flexibility index (Phi) is 7.69. The zero-order valence-corrected chi connectivity index (χ0v) is 15.7. The molecular weight excluding hydrogens is 322 g/mol. The lowest BCUT2D eigenvalue weighted by molar-refractivity contribution is -0.138. The van der Waals surface area contributed by atoms with Crippen molar-refractivity contribution >= 4 is 23.2 Å². The van der Waals surface area contributed by atoms with Crippen molar-refractivity contribution in [1.82, 2.24) is 15.2 Å². The SMILES string of the molecule is CCCCNC(=O)c1csc(CN(CCCC)C(=O)C2CCC2)n1. The molecule has 1 aliphatic carbocycles. The van der Waals surface area contributed by atoms with Crippen molar-refractivity contribution in [3.05, 3.63) is 16.1 Å². The summed E-state index contributed by atoms with van der Waals surface area (Å²) in [5.74, 6) is 0.355. The first-order valence-corrected chi connectivity index (χ1v) is 10.0. The van der Waals surface area contributed by atoms with Crippen molar-refractivity contribution in [3.63, 3.8) is 0 Å². The highest BCUT2D eigenvalue weighted by molar-refractivity contribution is 7.09. The normalized spacial score (nSPS) is 14.2. The zero-order chi connectivity index (χ0) is 17.4. The second-order valence-corrected chi connectivity index (χ2v) is 7.42. The number of carbonyl (C=O) groups is 2. The fourth-order valence-corrected chi connectivity index (χ4v) is 3.44. The number of aromatic nitrogens is 1. The molecule has 6 heteroatoms. The molecule has 0 aliphatic heterocycles. The average Bonchev–Trinajstić information content (AvgIpc) is 2.98. The summed E-state index contributed by atoms with van der Waals surface area (Å²) >= 11 is 1.47. The Labute approximate surface area is 148 Å². The maximum absolute atomic E-state index is 12.6. The van der Waals surface area contributed by atoms with Gasteiger partial charge in [0.1, 0.15) is 10.7 Å². The summed E-state index contributed by atoms with van der Waals surface area (Å²) in [7, 11) is 0.